The third-order valence-electron chi connectivity index (χ3n) is 3.66. The zero-order valence-electron chi connectivity index (χ0n) is 13.4. The number of hydrogen-bond donors (Lipinski definition) is 2. The van der Waals surface area contributed by atoms with Crippen molar-refractivity contribution in [3.63, 3.8) is 0 Å². The van der Waals surface area contributed by atoms with Gasteiger partial charge in [0, 0.05) is 19.4 Å². The number of unbranched alkanes of at least 4 members (excludes halogenated alkanes) is 8. The highest BCUT2D eigenvalue weighted by Gasteiger charge is 2.01. The zero-order valence-corrected chi connectivity index (χ0v) is 13.4. The van der Waals surface area contributed by atoms with Crippen LogP contribution in [0.4, 0.5) is 0 Å². The van der Waals surface area contributed by atoms with Crippen molar-refractivity contribution in [3.05, 3.63) is 12.2 Å². The van der Waals surface area contributed by atoms with Gasteiger partial charge >= 0.3 is 0 Å². The highest BCUT2D eigenvalue weighted by molar-refractivity contribution is 5.75. The Hall–Kier alpha value is -1.39. The maximum atomic E-state index is 11.6. The Bertz CT molecular complexity index is 351. The normalized spacial score (nSPS) is 10.7. The van der Waals surface area contributed by atoms with E-state index in [9.17, 15) is 4.79 Å². The number of aromatic amines is 1. The highest BCUT2D eigenvalue weighted by atomic mass is 16.1. The Labute approximate surface area is 128 Å². The van der Waals surface area contributed by atoms with Gasteiger partial charge in [0.05, 0.1) is 0 Å². The molecule has 5 nitrogen and oxygen atoms in total. The maximum absolute atomic E-state index is 11.6. The summed E-state index contributed by atoms with van der Waals surface area (Å²) >= 11 is 0. The fourth-order valence-corrected chi connectivity index (χ4v) is 2.36. The van der Waals surface area contributed by atoms with Gasteiger partial charge in [-0.25, -0.2) is 4.98 Å². The summed E-state index contributed by atoms with van der Waals surface area (Å²) in [5, 5.41) is 9.48. The van der Waals surface area contributed by atoms with E-state index in [1.165, 1.54) is 57.7 Å². The van der Waals surface area contributed by atoms with Crippen molar-refractivity contribution < 1.29 is 4.79 Å². The van der Waals surface area contributed by atoms with Gasteiger partial charge < -0.3 is 5.32 Å². The van der Waals surface area contributed by atoms with Crippen molar-refractivity contribution in [1.82, 2.24) is 20.5 Å². The van der Waals surface area contributed by atoms with E-state index < -0.39 is 0 Å². The third kappa shape index (κ3) is 10.0. The van der Waals surface area contributed by atoms with Crippen LogP contribution in [0.1, 0.15) is 77.0 Å². The van der Waals surface area contributed by atoms with Crippen LogP contribution in [0.3, 0.4) is 0 Å². The number of nitrogens with zero attached hydrogens (tertiary/aromatic N) is 2. The first kappa shape index (κ1) is 17.7. The van der Waals surface area contributed by atoms with Crippen molar-refractivity contribution in [1.29, 1.82) is 0 Å². The summed E-state index contributed by atoms with van der Waals surface area (Å²) < 4.78 is 0. The Balaban J connectivity index is 1.83. The van der Waals surface area contributed by atoms with E-state index in [2.05, 4.69) is 27.4 Å². The molecule has 0 fully saturated rings. The van der Waals surface area contributed by atoms with Crippen molar-refractivity contribution in [2.75, 3.05) is 6.54 Å². The van der Waals surface area contributed by atoms with E-state index in [4.69, 9.17) is 0 Å². The minimum atomic E-state index is 0.150. The van der Waals surface area contributed by atoms with Crippen molar-refractivity contribution in [2.45, 2.75) is 77.6 Å². The van der Waals surface area contributed by atoms with Crippen LogP contribution in [0, 0.1) is 0 Å². The van der Waals surface area contributed by atoms with Crippen LogP contribution < -0.4 is 5.32 Å². The molecule has 0 aliphatic carbocycles. The van der Waals surface area contributed by atoms with E-state index >= 15 is 0 Å². The summed E-state index contributed by atoms with van der Waals surface area (Å²) in [6, 6.07) is 0. The predicted molar refractivity (Wildman–Crippen MR) is 84.9 cm³/mol. The summed E-state index contributed by atoms with van der Waals surface area (Å²) in [6.07, 6.45) is 14.4. The van der Waals surface area contributed by atoms with E-state index in [1.54, 1.807) is 0 Å². The molecule has 0 aromatic carbocycles. The van der Waals surface area contributed by atoms with Gasteiger partial charge in [-0.3, -0.25) is 9.89 Å². The number of hydrogen-bond acceptors (Lipinski definition) is 3. The van der Waals surface area contributed by atoms with Gasteiger partial charge in [0.25, 0.3) is 0 Å². The van der Waals surface area contributed by atoms with Crippen LogP contribution in [0.5, 0.6) is 0 Å². The van der Waals surface area contributed by atoms with Crippen LogP contribution in [0.2, 0.25) is 0 Å². The van der Waals surface area contributed by atoms with Crippen LogP contribution in [-0.4, -0.2) is 27.6 Å². The second-order valence-corrected chi connectivity index (χ2v) is 5.61. The summed E-state index contributed by atoms with van der Waals surface area (Å²) in [7, 11) is 0. The van der Waals surface area contributed by atoms with E-state index in [0.29, 0.717) is 19.4 Å². The Morgan fingerprint density at radius 2 is 1.76 bits per heavy atom. The minimum absolute atomic E-state index is 0.150. The fraction of sp³-hybridized carbons (Fsp3) is 0.812. The quantitative estimate of drug-likeness (QED) is 0.548. The molecule has 0 atom stereocenters. The second kappa shape index (κ2) is 12.4. The lowest BCUT2D eigenvalue weighted by molar-refractivity contribution is -0.121. The first-order chi connectivity index (χ1) is 10.3. The molecular formula is C16H30N4O. The number of rotatable bonds is 13. The monoisotopic (exact) mass is 294 g/mol. The fourth-order valence-electron chi connectivity index (χ4n) is 2.36. The van der Waals surface area contributed by atoms with Gasteiger partial charge in [0.1, 0.15) is 12.2 Å². The Morgan fingerprint density at radius 3 is 2.38 bits per heavy atom. The molecule has 1 aromatic heterocycles. The molecule has 1 aromatic rings. The topological polar surface area (TPSA) is 70.7 Å². The molecule has 0 saturated carbocycles. The van der Waals surface area contributed by atoms with Crippen LogP contribution in [0.15, 0.2) is 6.33 Å². The molecule has 5 heteroatoms. The summed E-state index contributed by atoms with van der Waals surface area (Å²) in [5.74, 6) is 0.968. The number of H-pyrrole nitrogens is 1. The molecular weight excluding hydrogens is 264 g/mol. The van der Waals surface area contributed by atoms with E-state index in [0.717, 1.165) is 12.2 Å². The maximum Gasteiger partial charge on any atom is 0.220 e. The Kier molecular flexibility index (Phi) is 10.4. The molecule has 1 heterocycles. The SMILES string of the molecule is CCCCCCCCCCCC(=O)NCCc1ncn[nH]1. The lowest BCUT2D eigenvalue weighted by Crippen LogP contribution is -2.25. The molecule has 0 saturated heterocycles. The first-order valence-electron chi connectivity index (χ1n) is 8.44. The molecule has 0 aliphatic heterocycles. The van der Waals surface area contributed by atoms with Crippen LogP contribution >= 0.6 is 0 Å². The Morgan fingerprint density at radius 1 is 1.10 bits per heavy atom. The van der Waals surface area contributed by atoms with Gasteiger partial charge in [-0.2, -0.15) is 5.10 Å². The van der Waals surface area contributed by atoms with Crippen molar-refractivity contribution in [2.24, 2.45) is 0 Å². The molecule has 1 amide bonds. The minimum Gasteiger partial charge on any atom is -0.356 e. The van der Waals surface area contributed by atoms with Crippen LogP contribution in [0.25, 0.3) is 0 Å². The molecule has 0 radical (unpaired) electrons. The lowest BCUT2D eigenvalue weighted by atomic mass is 10.1. The number of nitrogens with one attached hydrogen (secondary N) is 2. The average Bonchev–Trinajstić information content (AvgIpc) is 2.99. The molecule has 21 heavy (non-hydrogen) atoms. The third-order valence-corrected chi connectivity index (χ3v) is 3.66. The predicted octanol–water partition coefficient (Wildman–Crippen LogP) is 3.38. The molecule has 2 N–H and O–H groups in total. The smallest absolute Gasteiger partial charge is 0.220 e. The number of carbonyl (C=O) groups is 1. The summed E-state index contributed by atoms with van der Waals surface area (Å²) in [5.41, 5.74) is 0. The number of amides is 1. The first-order valence-corrected chi connectivity index (χ1v) is 8.44. The largest absolute Gasteiger partial charge is 0.356 e. The van der Waals surface area contributed by atoms with Gasteiger partial charge in [0.2, 0.25) is 5.91 Å². The standard InChI is InChI=1S/C16H30N4O/c1-2-3-4-5-6-7-8-9-10-11-16(21)17-13-12-15-18-14-19-20-15/h14H,2-13H2,1H3,(H,17,21)(H,18,19,20). The lowest BCUT2D eigenvalue weighted by Gasteiger charge is -2.04. The zero-order chi connectivity index (χ0) is 15.2. The van der Waals surface area contributed by atoms with Crippen LogP contribution in [-0.2, 0) is 11.2 Å². The second-order valence-electron chi connectivity index (χ2n) is 5.61. The number of carbonyl (C=O) groups excluding carboxylic acids is 1. The van der Waals surface area contributed by atoms with Gasteiger partial charge in [-0.05, 0) is 6.42 Å². The molecule has 0 aliphatic rings. The number of aromatic nitrogens is 3. The van der Waals surface area contributed by atoms with Gasteiger partial charge in [-0.15, -0.1) is 0 Å². The highest BCUT2D eigenvalue weighted by Crippen LogP contribution is 2.10. The molecule has 0 bridgehead atoms. The molecule has 120 valence electrons. The summed E-state index contributed by atoms with van der Waals surface area (Å²) in [6.45, 7) is 2.88. The molecule has 0 unspecified atom stereocenters. The van der Waals surface area contributed by atoms with E-state index in [1.807, 2.05) is 0 Å². The molecule has 1 rings (SSSR count). The van der Waals surface area contributed by atoms with Gasteiger partial charge in [-0.1, -0.05) is 58.3 Å². The van der Waals surface area contributed by atoms with Gasteiger partial charge in [0.15, 0.2) is 0 Å². The van der Waals surface area contributed by atoms with Crippen molar-refractivity contribution >= 4 is 5.91 Å². The molecule has 0 spiro atoms. The average molecular weight is 294 g/mol. The van der Waals surface area contributed by atoms with E-state index in [-0.39, 0.29) is 5.91 Å². The van der Waals surface area contributed by atoms with Crippen molar-refractivity contribution in [3.8, 4) is 0 Å². The summed E-state index contributed by atoms with van der Waals surface area (Å²) in [4.78, 5) is 15.6.